The van der Waals surface area contributed by atoms with Crippen LogP contribution in [0.1, 0.15) is 26.7 Å². The highest BCUT2D eigenvalue weighted by Gasteiger charge is 2.15. The Labute approximate surface area is 92.0 Å². The van der Waals surface area contributed by atoms with E-state index in [9.17, 15) is 4.79 Å². The van der Waals surface area contributed by atoms with Crippen LogP contribution >= 0.6 is 0 Å². The number of amides is 1. The molecule has 0 aromatic carbocycles. The molecule has 1 heterocycles. The third-order valence-corrected chi connectivity index (χ3v) is 2.82. The molecule has 1 saturated heterocycles. The van der Waals surface area contributed by atoms with Crippen LogP contribution in [0.3, 0.4) is 0 Å². The summed E-state index contributed by atoms with van der Waals surface area (Å²) in [5.74, 6) is 0.0954. The topological polar surface area (TPSA) is 41.6 Å². The standard InChI is InChI=1S/C11H22N2O2/c1-3-13(4-2)11(14)9-15-8-10-6-5-7-12-10/h10,12H,3-9H2,1-2H3/t10-/m0/s1. The Morgan fingerprint density at radius 2 is 2.20 bits per heavy atom. The second kappa shape index (κ2) is 6.80. The van der Waals surface area contributed by atoms with Crippen LogP contribution in [0, 0.1) is 0 Å². The summed E-state index contributed by atoms with van der Waals surface area (Å²) in [5.41, 5.74) is 0. The van der Waals surface area contributed by atoms with Gasteiger partial charge in [-0.1, -0.05) is 0 Å². The van der Waals surface area contributed by atoms with E-state index in [-0.39, 0.29) is 12.5 Å². The lowest BCUT2D eigenvalue weighted by Crippen LogP contribution is -2.35. The SMILES string of the molecule is CCN(CC)C(=O)COC[C@@H]1CCCN1. The van der Waals surface area contributed by atoms with Crippen LogP contribution in [0.25, 0.3) is 0 Å². The van der Waals surface area contributed by atoms with Crippen LogP contribution in [-0.4, -0.2) is 49.7 Å². The molecule has 1 N–H and O–H groups in total. The van der Waals surface area contributed by atoms with E-state index < -0.39 is 0 Å². The number of carbonyl (C=O) groups is 1. The fraction of sp³-hybridized carbons (Fsp3) is 0.909. The van der Waals surface area contributed by atoms with E-state index in [1.54, 1.807) is 4.90 Å². The van der Waals surface area contributed by atoms with Gasteiger partial charge in [0.25, 0.3) is 0 Å². The molecule has 1 rings (SSSR count). The molecule has 0 radical (unpaired) electrons. The molecule has 0 bridgehead atoms. The second-order valence-corrected chi connectivity index (χ2v) is 3.87. The van der Waals surface area contributed by atoms with Crippen molar-refractivity contribution in [2.45, 2.75) is 32.7 Å². The minimum absolute atomic E-state index is 0.0954. The summed E-state index contributed by atoms with van der Waals surface area (Å²) < 4.78 is 5.41. The first-order chi connectivity index (χ1) is 7.27. The average molecular weight is 214 g/mol. The van der Waals surface area contributed by atoms with Gasteiger partial charge in [-0.05, 0) is 33.2 Å². The zero-order valence-electron chi connectivity index (χ0n) is 9.79. The van der Waals surface area contributed by atoms with Crippen molar-refractivity contribution in [3.05, 3.63) is 0 Å². The molecule has 1 atom stereocenters. The highest BCUT2D eigenvalue weighted by Crippen LogP contribution is 2.04. The van der Waals surface area contributed by atoms with Crippen molar-refractivity contribution in [2.24, 2.45) is 0 Å². The quantitative estimate of drug-likeness (QED) is 0.705. The monoisotopic (exact) mass is 214 g/mol. The normalized spacial score (nSPS) is 20.5. The van der Waals surface area contributed by atoms with Crippen molar-refractivity contribution in [3.63, 3.8) is 0 Å². The first-order valence-corrected chi connectivity index (χ1v) is 5.86. The van der Waals surface area contributed by atoms with Gasteiger partial charge in [0, 0.05) is 19.1 Å². The van der Waals surface area contributed by atoms with Crippen molar-refractivity contribution in [2.75, 3.05) is 32.8 Å². The molecule has 0 aromatic rings. The molecule has 0 aromatic heterocycles. The minimum Gasteiger partial charge on any atom is -0.370 e. The summed E-state index contributed by atoms with van der Waals surface area (Å²) in [6, 6.07) is 0.453. The summed E-state index contributed by atoms with van der Waals surface area (Å²) in [7, 11) is 0. The van der Waals surface area contributed by atoms with Crippen LogP contribution in [0.4, 0.5) is 0 Å². The third-order valence-electron chi connectivity index (χ3n) is 2.82. The maximum atomic E-state index is 11.6. The van der Waals surface area contributed by atoms with Crippen molar-refractivity contribution in [3.8, 4) is 0 Å². The van der Waals surface area contributed by atoms with E-state index in [2.05, 4.69) is 5.32 Å². The molecule has 1 aliphatic rings. The molecular formula is C11H22N2O2. The molecule has 0 aliphatic carbocycles. The molecule has 0 spiro atoms. The maximum Gasteiger partial charge on any atom is 0.248 e. The smallest absolute Gasteiger partial charge is 0.248 e. The van der Waals surface area contributed by atoms with Gasteiger partial charge in [-0.2, -0.15) is 0 Å². The van der Waals surface area contributed by atoms with Crippen LogP contribution < -0.4 is 5.32 Å². The maximum absolute atomic E-state index is 11.6. The summed E-state index contributed by atoms with van der Waals surface area (Å²) in [4.78, 5) is 13.4. The van der Waals surface area contributed by atoms with Gasteiger partial charge in [0.15, 0.2) is 0 Å². The van der Waals surface area contributed by atoms with Crippen molar-refractivity contribution in [1.29, 1.82) is 0 Å². The van der Waals surface area contributed by atoms with Crippen molar-refractivity contribution < 1.29 is 9.53 Å². The Balaban J connectivity index is 2.10. The van der Waals surface area contributed by atoms with Gasteiger partial charge in [-0.15, -0.1) is 0 Å². The lowest BCUT2D eigenvalue weighted by molar-refractivity contribution is -0.135. The van der Waals surface area contributed by atoms with Gasteiger partial charge in [-0.3, -0.25) is 4.79 Å². The number of nitrogens with zero attached hydrogens (tertiary/aromatic N) is 1. The lowest BCUT2D eigenvalue weighted by atomic mass is 10.2. The van der Waals surface area contributed by atoms with E-state index in [4.69, 9.17) is 4.74 Å². The van der Waals surface area contributed by atoms with Crippen LogP contribution in [0.2, 0.25) is 0 Å². The summed E-state index contributed by atoms with van der Waals surface area (Å²) in [6.45, 7) is 7.46. The van der Waals surface area contributed by atoms with E-state index in [0.29, 0.717) is 12.6 Å². The number of nitrogens with one attached hydrogen (secondary N) is 1. The van der Waals surface area contributed by atoms with Crippen molar-refractivity contribution in [1.82, 2.24) is 10.2 Å². The largest absolute Gasteiger partial charge is 0.370 e. The molecule has 15 heavy (non-hydrogen) atoms. The van der Waals surface area contributed by atoms with Gasteiger partial charge in [0.05, 0.1) is 6.61 Å². The molecular weight excluding hydrogens is 192 g/mol. The minimum atomic E-state index is 0.0954. The number of hydrogen-bond donors (Lipinski definition) is 1. The average Bonchev–Trinajstić information content (AvgIpc) is 2.72. The van der Waals surface area contributed by atoms with E-state index >= 15 is 0 Å². The predicted molar refractivity (Wildman–Crippen MR) is 59.8 cm³/mol. The third kappa shape index (κ3) is 4.18. The molecule has 1 amide bonds. The molecule has 88 valence electrons. The van der Waals surface area contributed by atoms with Crippen molar-refractivity contribution >= 4 is 5.91 Å². The van der Waals surface area contributed by atoms with E-state index in [0.717, 1.165) is 19.6 Å². The number of carbonyl (C=O) groups excluding carboxylic acids is 1. The van der Waals surface area contributed by atoms with Gasteiger partial charge in [0.1, 0.15) is 6.61 Å². The Hall–Kier alpha value is -0.610. The number of rotatable bonds is 6. The van der Waals surface area contributed by atoms with Gasteiger partial charge < -0.3 is 15.0 Å². The summed E-state index contributed by atoms with van der Waals surface area (Å²) in [6.07, 6.45) is 2.39. The lowest BCUT2D eigenvalue weighted by Gasteiger charge is -2.19. The van der Waals surface area contributed by atoms with Crippen LogP contribution in [-0.2, 0) is 9.53 Å². The Bertz CT molecular complexity index is 187. The van der Waals surface area contributed by atoms with Crippen LogP contribution in [0.5, 0.6) is 0 Å². The van der Waals surface area contributed by atoms with Gasteiger partial charge >= 0.3 is 0 Å². The summed E-state index contributed by atoms with van der Waals surface area (Å²) >= 11 is 0. The molecule has 4 heteroatoms. The number of hydrogen-bond acceptors (Lipinski definition) is 3. The fourth-order valence-corrected chi connectivity index (χ4v) is 1.86. The predicted octanol–water partition coefficient (Wildman–Crippen LogP) is 0.623. The van der Waals surface area contributed by atoms with Gasteiger partial charge in [0.2, 0.25) is 5.91 Å². The number of likely N-dealkylation sites (N-methyl/N-ethyl adjacent to an activating group) is 1. The Kier molecular flexibility index (Phi) is 5.65. The molecule has 1 fully saturated rings. The molecule has 0 saturated carbocycles. The highest BCUT2D eigenvalue weighted by atomic mass is 16.5. The summed E-state index contributed by atoms with van der Waals surface area (Å²) in [5, 5.41) is 3.34. The van der Waals surface area contributed by atoms with Crippen LogP contribution in [0.15, 0.2) is 0 Å². The Morgan fingerprint density at radius 1 is 1.47 bits per heavy atom. The van der Waals surface area contributed by atoms with E-state index in [1.165, 1.54) is 12.8 Å². The molecule has 4 nitrogen and oxygen atoms in total. The first-order valence-electron chi connectivity index (χ1n) is 5.86. The highest BCUT2D eigenvalue weighted by molar-refractivity contribution is 5.77. The van der Waals surface area contributed by atoms with E-state index in [1.807, 2.05) is 13.8 Å². The van der Waals surface area contributed by atoms with Gasteiger partial charge in [-0.25, -0.2) is 0 Å². The number of ether oxygens (including phenoxy) is 1. The zero-order chi connectivity index (χ0) is 11.1. The second-order valence-electron chi connectivity index (χ2n) is 3.87. The molecule has 1 aliphatic heterocycles. The Morgan fingerprint density at radius 3 is 2.73 bits per heavy atom. The molecule has 0 unspecified atom stereocenters. The zero-order valence-corrected chi connectivity index (χ0v) is 9.79. The fourth-order valence-electron chi connectivity index (χ4n) is 1.86. The first kappa shape index (κ1) is 12.5.